The highest BCUT2D eigenvalue weighted by Gasteiger charge is 2.18. The number of fused-ring (bicyclic) bond motifs is 1. The molecule has 1 saturated heterocycles. The van der Waals surface area contributed by atoms with Crippen LogP contribution in [0.25, 0.3) is 10.9 Å². The Hall–Kier alpha value is -1.48. The average molecular weight is 215 g/mol. The van der Waals surface area contributed by atoms with Crippen molar-refractivity contribution in [3.05, 3.63) is 30.0 Å². The van der Waals surface area contributed by atoms with E-state index in [1.165, 1.54) is 29.3 Å². The van der Waals surface area contributed by atoms with Crippen molar-refractivity contribution in [2.75, 3.05) is 18.8 Å². The molecule has 0 saturated carbocycles. The number of nitrogen functional groups attached to an aromatic ring is 1. The molecule has 3 rings (SSSR count). The van der Waals surface area contributed by atoms with Gasteiger partial charge in [-0.3, -0.25) is 0 Å². The molecule has 1 aromatic heterocycles. The standard InChI is InChI=1S/C13H17N3/c14-10-1-2-13-11(7-10)12(8-16-13)9-3-5-15-6-4-9/h1-2,7-9,15-16H,3-6,14H2. The highest BCUT2D eigenvalue weighted by molar-refractivity contribution is 5.86. The number of benzene rings is 1. The summed E-state index contributed by atoms with van der Waals surface area (Å²) in [6.07, 6.45) is 4.60. The predicted molar refractivity (Wildman–Crippen MR) is 67.6 cm³/mol. The highest BCUT2D eigenvalue weighted by atomic mass is 14.9. The molecule has 2 aromatic rings. The first-order valence-electron chi connectivity index (χ1n) is 5.92. The second-order valence-corrected chi connectivity index (χ2v) is 4.57. The molecule has 0 bridgehead atoms. The van der Waals surface area contributed by atoms with Crippen molar-refractivity contribution in [1.82, 2.24) is 10.3 Å². The summed E-state index contributed by atoms with van der Waals surface area (Å²) in [5.74, 6) is 0.678. The van der Waals surface area contributed by atoms with Gasteiger partial charge in [-0.2, -0.15) is 0 Å². The second kappa shape index (κ2) is 3.83. The van der Waals surface area contributed by atoms with Gasteiger partial charge in [0.15, 0.2) is 0 Å². The van der Waals surface area contributed by atoms with E-state index in [0.29, 0.717) is 5.92 Å². The summed E-state index contributed by atoms with van der Waals surface area (Å²) in [6, 6.07) is 6.10. The highest BCUT2D eigenvalue weighted by Crippen LogP contribution is 2.32. The maximum atomic E-state index is 5.86. The minimum Gasteiger partial charge on any atom is -0.399 e. The average Bonchev–Trinajstić information content (AvgIpc) is 2.73. The third-order valence-electron chi connectivity index (χ3n) is 3.52. The molecular weight excluding hydrogens is 198 g/mol. The number of rotatable bonds is 1. The number of nitrogens with one attached hydrogen (secondary N) is 2. The SMILES string of the molecule is Nc1ccc2[nH]cc(C3CCNCC3)c2c1. The molecule has 0 amide bonds. The van der Waals surface area contributed by atoms with E-state index in [2.05, 4.69) is 28.6 Å². The van der Waals surface area contributed by atoms with Crippen molar-refractivity contribution in [3.63, 3.8) is 0 Å². The molecule has 16 heavy (non-hydrogen) atoms. The number of H-pyrrole nitrogens is 1. The Balaban J connectivity index is 2.05. The van der Waals surface area contributed by atoms with E-state index < -0.39 is 0 Å². The maximum Gasteiger partial charge on any atom is 0.0458 e. The number of hydrogen-bond acceptors (Lipinski definition) is 2. The molecule has 0 unspecified atom stereocenters. The summed E-state index contributed by atoms with van der Waals surface area (Å²) in [5.41, 5.74) is 9.34. The molecule has 84 valence electrons. The van der Waals surface area contributed by atoms with Crippen LogP contribution >= 0.6 is 0 Å². The molecule has 3 nitrogen and oxygen atoms in total. The van der Waals surface area contributed by atoms with Gasteiger partial charge in [-0.1, -0.05) is 0 Å². The lowest BCUT2D eigenvalue weighted by molar-refractivity contribution is 0.462. The molecule has 0 radical (unpaired) electrons. The number of piperidine rings is 1. The van der Waals surface area contributed by atoms with Crippen molar-refractivity contribution in [2.24, 2.45) is 0 Å². The zero-order valence-electron chi connectivity index (χ0n) is 9.29. The zero-order chi connectivity index (χ0) is 11.0. The molecule has 1 aromatic carbocycles. The van der Waals surface area contributed by atoms with Gasteiger partial charge >= 0.3 is 0 Å². The zero-order valence-corrected chi connectivity index (χ0v) is 9.29. The fraction of sp³-hybridized carbons (Fsp3) is 0.385. The lowest BCUT2D eigenvalue weighted by atomic mass is 9.90. The largest absolute Gasteiger partial charge is 0.399 e. The van der Waals surface area contributed by atoms with Gasteiger partial charge in [-0.15, -0.1) is 0 Å². The Kier molecular flexibility index (Phi) is 2.33. The number of nitrogens with two attached hydrogens (primary N) is 1. The van der Waals surface area contributed by atoms with E-state index >= 15 is 0 Å². The van der Waals surface area contributed by atoms with Crippen LogP contribution in [-0.4, -0.2) is 18.1 Å². The van der Waals surface area contributed by atoms with Gasteiger partial charge in [0.2, 0.25) is 0 Å². The molecular formula is C13H17N3. The van der Waals surface area contributed by atoms with Crippen LogP contribution < -0.4 is 11.1 Å². The van der Waals surface area contributed by atoms with E-state index in [9.17, 15) is 0 Å². The van der Waals surface area contributed by atoms with Crippen LogP contribution in [-0.2, 0) is 0 Å². The Labute approximate surface area is 95.0 Å². The molecule has 0 spiro atoms. The van der Waals surface area contributed by atoms with Crippen molar-refractivity contribution in [3.8, 4) is 0 Å². The lowest BCUT2D eigenvalue weighted by Crippen LogP contribution is -2.26. The summed E-state index contributed by atoms with van der Waals surface area (Å²) in [6.45, 7) is 2.25. The topological polar surface area (TPSA) is 53.8 Å². The van der Waals surface area contributed by atoms with E-state index in [-0.39, 0.29) is 0 Å². The van der Waals surface area contributed by atoms with Crippen LogP contribution in [0.1, 0.15) is 24.3 Å². The number of anilines is 1. The van der Waals surface area contributed by atoms with E-state index in [1.807, 2.05) is 6.07 Å². The fourth-order valence-electron chi connectivity index (χ4n) is 2.63. The first kappa shape index (κ1) is 9.73. The molecule has 0 atom stereocenters. The normalized spacial score (nSPS) is 18.0. The van der Waals surface area contributed by atoms with Crippen LogP contribution in [0, 0.1) is 0 Å². The van der Waals surface area contributed by atoms with Crippen molar-refractivity contribution in [1.29, 1.82) is 0 Å². The van der Waals surface area contributed by atoms with Crippen LogP contribution in [0.3, 0.4) is 0 Å². The molecule has 1 aliphatic heterocycles. The molecule has 1 aliphatic rings. The van der Waals surface area contributed by atoms with E-state index in [0.717, 1.165) is 18.8 Å². The maximum absolute atomic E-state index is 5.86. The van der Waals surface area contributed by atoms with Gasteiger partial charge < -0.3 is 16.0 Å². The lowest BCUT2D eigenvalue weighted by Gasteiger charge is -2.22. The van der Waals surface area contributed by atoms with Gasteiger partial charge in [0.25, 0.3) is 0 Å². The van der Waals surface area contributed by atoms with Crippen molar-refractivity contribution in [2.45, 2.75) is 18.8 Å². The first-order chi connectivity index (χ1) is 7.84. The molecule has 3 heteroatoms. The van der Waals surface area contributed by atoms with E-state index in [1.54, 1.807) is 0 Å². The molecule has 4 N–H and O–H groups in total. The van der Waals surface area contributed by atoms with E-state index in [4.69, 9.17) is 5.73 Å². The summed E-state index contributed by atoms with van der Waals surface area (Å²) < 4.78 is 0. The smallest absolute Gasteiger partial charge is 0.0458 e. The number of aromatic nitrogens is 1. The van der Waals surface area contributed by atoms with Crippen molar-refractivity contribution >= 4 is 16.6 Å². The minimum absolute atomic E-state index is 0.678. The Bertz CT molecular complexity index is 495. The van der Waals surface area contributed by atoms with Gasteiger partial charge in [0.1, 0.15) is 0 Å². The van der Waals surface area contributed by atoms with Gasteiger partial charge in [0, 0.05) is 22.8 Å². The predicted octanol–water partition coefficient (Wildman–Crippen LogP) is 2.22. The summed E-state index contributed by atoms with van der Waals surface area (Å²) >= 11 is 0. The Morgan fingerprint density at radius 2 is 2.00 bits per heavy atom. The first-order valence-corrected chi connectivity index (χ1v) is 5.92. The molecule has 1 fully saturated rings. The molecule has 0 aliphatic carbocycles. The van der Waals surface area contributed by atoms with Crippen LogP contribution in [0.15, 0.2) is 24.4 Å². The third-order valence-corrected chi connectivity index (χ3v) is 3.52. The quantitative estimate of drug-likeness (QED) is 0.639. The third kappa shape index (κ3) is 1.57. The second-order valence-electron chi connectivity index (χ2n) is 4.57. The Morgan fingerprint density at radius 1 is 1.19 bits per heavy atom. The number of aromatic amines is 1. The minimum atomic E-state index is 0.678. The summed E-state index contributed by atoms with van der Waals surface area (Å²) in [5, 5.41) is 4.70. The Morgan fingerprint density at radius 3 is 2.81 bits per heavy atom. The van der Waals surface area contributed by atoms with Crippen molar-refractivity contribution < 1.29 is 0 Å². The van der Waals surface area contributed by atoms with Crippen LogP contribution in [0.2, 0.25) is 0 Å². The summed E-state index contributed by atoms with van der Waals surface area (Å²) in [7, 11) is 0. The van der Waals surface area contributed by atoms with Gasteiger partial charge in [0.05, 0.1) is 0 Å². The monoisotopic (exact) mass is 215 g/mol. The van der Waals surface area contributed by atoms with Gasteiger partial charge in [-0.25, -0.2) is 0 Å². The number of hydrogen-bond donors (Lipinski definition) is 3. The van der Waals surface area contributed by atoms with Gasteiger partial charge in [-0.05, 0) is 55.6 Å². The fourth-order valence-corrected chi connectivity index (χ4v) is 2.63. The van der Waals surface area contributed by atoms with Crippen LogP contribution in [0.4, 0.5) is 5.69 Å². The van der Waals surface area contributed by atoms with Crippen LogP contribution in [0.5, 0.6) is 0 Å². The molecule has 2 heterocycles. The summed E-state index contributed by atoms with van der Waals surface area (Å²) in [4.78, 5) is 3.34.